The first-order valence-corrected chi connectivity index (χ1v) is 9.92. The van der Waals surface area contributed by atoms with Crippen LogP contribution in [0.25, 0.3) is 0 Å². The molecule has 0 saturated carbocycles. The lowest BCUT2D eigenvalue weighted by Crippen LogP contribution is -2.53. The minimum Gasteiger partial charge on any atom is -0.497 e. The third kappa shape index (κ3) is 6.38. The summed E-state index contributed by atoms with van der Waals surface area (Å²) in [5.41, 5.74) is 1.25. The van der Waals surface area contributed by atoms with Gasteiger partial charge in [-0.25, -0.2) is 0 Å². The van der Waals surface area contributed by atoms with Gasteiger partial charge in [0.2, 0.25) is 0 Å². The van der Waals surface area contributed by atoms with Crippen molar-refractivity contribution in [1.82, 2.24) is 15.1 Å². The molecule has 8 heteroatoms. The number of benzene rings is 1. The Balaban J connectivity index is 0.00000280. The van der Waals surface area contributed by atoms with Gasteiger partial charge in [-0.3, -0.25) is 4.99 Å². The number of hydrogen-bond donors (Lipinski definition) is 1. The molecule has 0 aliphatic carbocycles. The molecule has 1 aromatic rings. The fourth-order valence-electron chi connectivity index (χ4n) is 3.56. The quantitative estimate of drug-likeness (QED) is 0.376. The molecule has 0 bridgehead atoms. The van der Waals surface area contributed by atoms with Gasteiger partial charge in [0.25, 0.3) is 0 Å². The van der Waals surface area contributed by atoms with Crippen LogP contribution in [0.1, 0.15) is 6.92 Å². The van der Waals surface area contributed by atoms with E-state index in [1.54, 1.807) is 7.11 Å². The van der Waals surface area contributed by atoms with E-state index in [1.807, 2.05) is 12.1 Å². The highest BCUT2D eigenvalue weighted by atomic mass is 127. The van der Waals surface area contributed by atoms with Crippen molar-refractivity contribution in [2.24, 2.45) is 4.99 Å². The predicted octanol–water partition coefficient (Wildman–Crippen LogP) is 1.73. The second-order valence-electron chi connectivity index (χ2n) is 7.12. The van der Waals surface area contributed by atoms with Gasteiger partial charge < -0.3 is 29.5 Å². The predicted molar refractivity (Wildman–Crippen MR) is 125 cm³/mol. The van der Waals surface area contributed by atoms with E-state index in [1.165, 1.54) is 5.69 Å². The normalized spacial score (nSPS) is 21.2. The molecule has 0 aromatic heterocycles. The summed E-state index contributed by atoms with van der Waals surface area (Å²) in [5.74, 6) is 1.90. The van der Waals surface area contributed by atoms with Crippen molar-refractivity contribution >= 4 is 35.6 Å². The van der Waals surface area contributed by atoms with Crippen molar-refractivity contribution in [3.8, 4) is 5.75 Å². The van der Waals surface area contributed by atoms with Gasteiger partial charge in [0.15, 0.2) is 5.96 Å². The summed E-state index contributed by atoms with van der Waals surface area (Å²) in [6, 6.07) is 8.30. The molecule has 2 aliphatic rings. The van der Waals surface area contributed by atoms with Crippen LogP contribution in [0.5, 0.6) is 5.75 Å². The lowest BCUT2D eigenvalue weighted by atomic mass is 10.2. The third-order valence-corrected chi connectivity index (χ3v) is 5.14. The van der Waals surface area contributed by atoms with Crippen LogP contribution in [0.3, 0.4) is 0 Å². The molecule has 1 atom stereocenters. The fraction of sp³-hybridized carbons (Fsp3) is 0.650. The molecule has 0 radical (unpaired) electrons. The number of ether oxygens (including phenoxy) is 2. The highest BCUT2D eigenvalue weighted by molar-refractivity contribution is 14.0. The number of piperazine rings is 1. The number of nitrogens with one attached hydrogen (secondary N) is 1. The van der Waals surface area contributed by atoms with E-state index in [9.17, 15) is 0 Å². The fourth-order valence-corrected chi connectivity index (χ4v) is 3.56. The molecule has 2 aliphatic heterocycles. The number of morpholine rings is 1. The zero-order valence-corrected chi connectivity index (χ0v) is 19.6. The average molecular weight is 503 g/mol. The summed E-state index contributed by atoms with van der Waals surface area (Å²) >= 11 is 0. The molecular weight excluding hydrogens is 469 g/mol. The number of likely N-dealkylation sites (N-methyl/N-ethyl adjacent to an activating group) is 1. The van der Waals surface area contributed by atoms with Crippen molar-refractivity contribution in [3.05, 3.63) is 24.3 Å². The van der Waals surface area contributed by atoms with Gasteiger partial charge in [-0.2, -0.15) is 0 Å². The summed E-state index contributed by atoms with van der Waals surface area (Å²) in [7, 11) is 3.84. The van der Waals surface area contributed by atoms with E-state index in [0.717, 1.165) is 64.1 Å². The van der Waals surface area contributed by atoms with Crippen molar-refractivity contribution in [3.63, 3.8) is 0 Å². The molecule has 158 valence electrons. The SMILES string of the molecule is CCNC(=NCC1CN(C)CCO1)N1CCN(c2ccc(OC)cc2)CC1.I. The number of aliphatic imine (C=N–C) groups is 1. The van der Waals surface area contributed by atoms with Crippen LogP contribution >= 0.6 is 24.0 Å². The standard InChI is InChI=1S/C20H33N5O2.HI/c1-4-21-20(22-15-19-16-23(2)13-14-27-19)25-11-9-24(10-12-25)17-5-7-18(26-3)8-6-17;/h5-8,19H,4,9-16H2,1-3H3,(H,21,22);1H. The smallest absolute Gasteiger partial charge is 0.194 e. The summed E-state index contributed by atoms with van der Waals surface area (Å²) in [5, 5.41) is 3.44. The largest absolute Gasteiger partial charge is 0.497 e. The number of nitrogens with zero attached hydrogens (tertiary/aromatic N) is 4. The second kappa shape index (κ2) is 11.7. The monoisotopic (exact) mass is 503 g/mol. The molecule has 2 fully saturated rings. The summed E-state index contributed by atoms with van der Waals surface area (Å²) in [6.45, 7) is 10.4. The van der Waals surface area contributed by atoms with E-state index < -0.39 is 0 Å². The summed E-state index contributed by atoms with van der Waals surface area (Å²) < 4.78 is 11.1. The zero-order chi connectivity index (χ0) is 19.1. The molecule has 0 amide bonds. The molecular formula is C20H34IN5O2. The van der Waals surface area contributed by atoms with Crippen molar-refractivity contribution < 1.29 is 9.47 Å². The van der Waals surface area contributed by atoms with Gasteiger partial charge in [0, 0.05) is 51.5 Å². The lowest BCUT2D eigenvalue weighted by Gasteiger charge is -2.38. The third-order valence-electron chi connectivity index (χ3n) is 5.14. The number of halogens is 1. The van der Waals surface area contributed by atoms with Gasteiger partial charge in [0.05, 0.1) is 26.4 Å². The van der Waals surface area contributed by atoms with Crippen LogP contribution in [0.15, 0.2) is 29.3 Å². The Kier molecular flexibility index (Phi) is 9.60. The first-order chi connectivity index (χ1) is 13.2. The van der Waals surface area contributed by atoms with E-state index in [4.69, 9.17) is 14.5 Å². The molecule has 1 N–H and O–H groups in total. The molecule has 1 unspecified atom stereocenters. The summed E-state index contributed by atoms with van der Waals surface area (Å²) in [4.78, 5) is 11.9. The number of rotatable bonds is 5. The van der Waals surface area contributed by atoms with Crippen LogP contribution in [-0.2, 0) is 4.74 Å². The Hall–Kier alpha value is -1.26. The molecule has 7 nitrogen and oxygen atoms in total. The van der Waals surface area contributed by atoms with Crippen molar-refractivity contribution in [2.45, 2.75) is 13.0 Å². The Labute approximate surface area is 186 Å². The van der Waals surface area contributed by atoms with E-state index >= 15 is 0 Å². The van der Waals surface area contributed by atoms with Crippen LogP contribution in [-0.4, -0.2) is 95.0 Å². The molecule has 2 saturated heterocycles. The van der Waals surface area contributed by atoms with Crippen LogP contribution < -0.4 is 15.0 Å². The first-order valence-electron chi connectivity index (χ1n) is 9.92. The van der Waals surface area contributed by atoms with Gasteiger partial charge in [-0.1, -0.05) is 0 Å². The maximum Gasteiger partial charge on any atom is 0.194 e. The Morgan fingerprint density at radius 2 is 1.89 bits per heavy atom. The lowest BCUT2D eigenvalue weighted by molar-refractivity contribution is -0.0137. The number of hydrogen-bond acceptors (Lipinski definition) is 5. The number of methoxy groups -OCH3 is 1. The molecule has 28 heavy (non-hydrogen) atoms. The van der Waals surface area contributed by atoms with Gasteiger partial charge in [-0.15, -0.1) is 24.0 Å². The van der Waals surface area contributed by atoms with Gasteiger partial charge in [-0.05, 0) is 38.2 Å². The van der Waals surface area contributed by atoms with Crippen molar-refractivity contribution in [1.29, 1.82) is 0 Å². The molecule has 1 aromatic carbocycles. The highest BCUT2D eigenvalue weighted by Crippen LogP contribution is 2.20. The minimum atomic E-state index is 0. The van der Waals surface area contributed by atoms with Gasteiger partial charge in [0.1, 0.15) is 5.75 Å². The Bertz CT molecular complexity index is 605. The van der Waals surface area contributed by atoms with E-state index in [2.05, 4.69) is 46.1 Å². The average Bonchev–Trinajstić information content (AvgIpc) is 2.71. The highest BCUT2D eigenvalue weighted by Gasteiger charge is 2.21. The van der Waals surface area contributed by atoms with Crippen LogP contribution in [0, 0.1) is 0 Å². The van der Waals surface area contributed by atoms with Gasteiger partial charge >= 0.3 is 0 Å². The van der Waals surface area contributed by atoms with E-state index in [0.29, 0.717) is 6.54 Å². The van der Waals surface area contributed by atoms with Crippen LogP contribution in [0.2, 0.25) is 0 Å². The topological polar surface area (TPSA) is 52.6 Å². The Morgan fingerprint density at radius 1 is 1.18 bits per heavy atom. The molecule has 3 rings (SSSR count). The second-order valence-corrected chi connectivity index (χ2v) is 7.12. The number of guanidine groups is 1. The molecule has 0 spiro atoms. The van der Waals surface area contributed by atoms with E-state index in [-0.39, 0.29) is 30.1 Å². The van der Waals surface area contributed by atoms with Crippen molar-refractivity contribution in [2.75, 3.05) is 78.0 Å². The minimum absolute atomic E-state index is 0. The molecule has 2 heterocycles. The van der Waals surface area contributed by atoms with Crippen LogP contribution in [0.4, 0.5) is 5.69 Å². The maximum absolute atomic E-state index is 5.84. The first kappa shape index (κ1) is 23.0. The number of anilines is 1. The zero-order valence-electron chi connectivity index (χ0n) is 17.3. The Morgan fingerprint density at radius 3 is 2.50 bits per heavy atom. The summed E-state index contributed by atoms with van der Waals surface area (Å²) in [6.07, 6.45) is 0.193. The maximum atomic E-state index is 5.84.